The number of carbonyl (C=O) groups excluding carboxylic acids is 1. The highest BCUT2D eigenvalue weighted by molar-refractivity contribution is 5.82. The number of aliphatic carboxylic acids is 1. The predicted molar refractivity (Wildman–Crippen MR) is 69.7 cm³/mol. The fourth-order valence-corrected chi connectivity index (χ4v) is 2.95. The highest BCUT2D eigenvalue weighted by Gasteiger charge is 2.34. The van der Waals surface area contributed by atoms with E-state index >= 15 is 0 Å². The molecular weight excluding hydrogens is 246 g/mol. The minimum absolute atomic E-state index is 0.0295. The van der Waals surface area contributed by atoms with Crippen LogP contribution in [0.2, 0.25) is 0 Å². The first-order valence-corrected chi connectivity index (χ1v) is 7.29. The van der Waals surface area contributed by atoms with E-state index < -0.39 is 18.0 Å². The van der Waals surface area contributed by atoms with Crippen molar-refractivity contribution in [2.24, 2.45) is 5.92 Å². The lowest BCUT2D eigenvalue weighted by Gasteiger charge is -2.25. The van der Waals surface area contributed by atoms with Crippen LogP contribution in [0.25, 0.3) is 0 Å². The SMILES string of the molecule is CC[C@@H](OC1CCCC1)C(=O)N1CC[C@@H](C(=O)O)C1. The van der Waals surface area contributed by atoms with Crippen LogP contribution in [0.1, 0.15) is 45.4 Å². The first-order chi connectivity index (χ1) is 9.11. The Labute approximate surface area is 113 Å². The van der Waals surface area contributed by atoms with Crippen LogP contribution in [-0.2, 0) is 14.3 Å². The van der Waals surface area contributed by atoms with Crippen LogP contribution >= 0.6 is 0 Å². The fourth-order valence-electron chi connectivity index (χ4n) is 2.95. The van der Waals surface area contributed by atoms with E-state index in [1.807, 2.05) is 6.92 Å². The molecule has 1 saturated carbocycles. The second-order valence-corrected chi connectivity index (χ2v) is 5.55. The molecule has 19 heavy (non-hydrogen) atoms. The lowest BCUT2D eigenvalue weighted by atomic mass is 10.1. The second-order valence-electron chi connectivity index (χ2n) is 5.55. The Hall–Kier alpha value is -1.10. The maximum absolute atomic E-state index is 12.3. The smallest absolute Gasteiger partial charge is 0.308 e. The number of likely N-dealkylation sites (tertiary alicyclic amines) is 1. The molecule has 5 heteroatoms. The summed E-state index contributed by atoms with van der Waals surface area (Å²) in [6.45, 7) is 2.82. The summed E-state index contributed by atoms with van der Waals surface area (Å²) in [6, 6.07) is 0. The lowest BCUT2D eigenvalue weighted by molar-refractivity contribution is -0.147. The standard InChI is InChI=1S/C14H23NO4/c1-2-12(19-11-5-3-4-6-11)13(16)15-8-7-10(9-15)14(17)18/h10-12H,2-9H2,1H3,(H,17,18)/t10-,12-/m1/s1. The van der Waals surface area contributed by atoms with Gasteiger partial charge in [-0.15, -0.1) is 0 Å². The van der Waals surface area contributed by atoms with E-state index in [0.717, 1.165) is 12.8 Å². The topological polar surface area (TPSA) is 66.8 Å². The Morgan fingerprint density at radius 3 is 2.53 bits per heavy atom. The average Bonchev–Trinajstić information content (AvgIpc) is 3.06. The van der Waals surface area contributed by atoms with Crippen LogP contribution in [0.15, 0.2) is 0 Å². The summed E-state index contributed by atoms with van der Waals surface area (Å²) in [5.41, 5.74) is 0. The van der Waals surface area contributed by atoms with Crippen LogP contribution in [0.3, 0.4) is 0 Å². The van der Waals surface area contributed by atoms with Gasteiger partial charge in [0.1, 0.15) is 6.10 Å². The van der Waals surface area contributed by atoms with E-state index in [0.29, 0.717) is 25.9 Å². The third-order valence-electron chi connectivity index (χ3n) is 4.15. The van der Waals surface area contributed by atoms with Gasteiger partial charge in [-0.1, -0.05) is 19.8 Å². The van der Waals surface area contributed by atoms with Gasteiger partial charge in [-0.2, -0.15) is 0 Å². The number of hydrogen-bond donors (Lipinski definition) is 1. The number of ether oxygens (including phenoxy) is 1. The Balaban J connectivity index is 1.87. The summed E-state index contributed by atoms with van der Waals surface area (Å²) in [6.07, 6.45) is 5.48. The van der Waals surface area contributed by atoms with Crippen molar-refractivity contribution >= 4 is 11.9 Å². The zero-order valence-electron chi connectivity index (χ0n) is 11.5. The van der Waals surface area contributed by atoms with E-state index in [1.54, 1.807) is 4.90 Å². The Kier molecular flexibility index (Phi) is 4.80. The molecule has 2 rings (SSSR count). The van der Waals surface area contributed by atoms with Gasteiger partial charge in [0.2, 0.25) is 0 Å². The highest BCUT2D eigenvalue weighted by Crippen LogP contribution is 2.25. The van der Waals surface area contributed by atoms with Crippen molar-refractivity contribution in [2.45, 2.75) is 57.7 Å². The molecule has 0 radical (unpaired) electrons. The quantitative estimate of drug-likeness (QED) is 0.824. The van der Waals surface area contributed by atoms with Crippen molar-refractivity contribution in [1.82, 2.24) is 4.90 Å². The van der Waals surface area contributed by atoms with Gasteiger partial charge < -0.3 is 14.7 Å². The van der Waals surface area contributed by atoms with Gasteiger partial charge >= 0.3 is 5.97 Å². The monoisotopic (exact) mass is 269 g/mol. The molecule has 108 valence electrons. The molecule has 1 saturated heterocycles. The van der Waals surface area contributed by atoms with Gasteiger partial charge in [-0.05, 0) is 25.7 Å². The summed E-state index contributed by atoms with van der Waals surface area (Å²) >= 11 is 0. The van der Waals surface area contributed by atoms with E-state index in [2.05, 4.69) is 0 Å². The van der Waals surface area contributed by atoms with Crippen molar-refractivity contribution in [3.63, 3.8) is 0 Å². The first kappa shape index (κ1) is 14.3. The van der Waals surface area contributed by atoms with Crippen molar-refractivity contribution < 1.29 is 19.4 Å². The first-order valence-electron chi connectivity index (χ1n) is 7.29. The van der Waals surface area contributed by atoms with Crippen molar-refractivity contribution in [1.29, 1.82) is 0 Å². The summed E-state index contributed by atoms with van der Waals surface area (Å²) in [5, 5.41) is 8.97. The van der Waals surface area contributed by atoms with Gasteiger partial charge in [-0.25, -0.2) is 0 Å². The fraction of sp³-hybridized carbons (Fsp3) is 0.857. The number of rotatable bonds is 5. The largest absolute Gasteiger partial charge is 0.481 e. The molecular formula is C14H23NO4. The Morgan fingerprint density at radius 2 is 2.00 bits per heavy atom. The Bertz CT molecular complexity index is 338. The Morgan fingerprint density at radius 1 is 1.32 bits per heavy atom. The summed E-state index contributed by atoms with van der Waals surface area (Å²) in [7, 11) is 0. The van der Waals surface area contributed by atoms with Crippen LogP contribution in [0.4, 0.5) is 0 Å². The molecule has 1 aliphatic carbocycles. The normalized spacial score (nSPS) is 25.7. The van der Waals surface area contributed by atoms with Gasteiger partial charge in [0, 0.05) is 13.1 Å². The van der Waals surface area contributed by atoms with E-state index in [4.69, 9.17) is 9.84 Å². The van der Waals surface area contributed by atoms with Crippen LogP contribution in [0, 0.1) is 5.92 Å². The molecule has 5 nitrogen and oxygen atoms in total. The van der Waals surface area contributed by atoms with Gasteiger partial charge in [0.25, 0.3) is 5.91 Å². The number of carbonyl (C=O) groups is 2. The zero-order chi connectivity index (χ0) is 13.8. The van der Waals surface area contributed by atoms with E-state index in [9.17, 15) is 9.59 Å². The predicted octanol–water partition coefficient (Wildman–Crippen LogP) is 1.66. The molecule has 0 spiro atoms. The second kappa shape index (κ2) is 6.37. The summed E-state index contributed by atoms with van der Waals surface area (Å²) < 4.78 is 5.89. The summed E-state index contributed by atoms with van der Waals surface area (Å²) in [5.74, 6) is -1.24. The number of carboxylic acid groups (broad SMARTS) is 1. The van der Waals surface area contributed by atoms with E-state index in [1.165, 1.54) is 12.8 Å². The zero-order valence-corrected chi connectivity index (χ0v) is 11.5. The van der Waals surface area contributed by atoms with Gasteiger partial charge in [0.05, 0.1) is 12.0 Å². The maximum Gasteiger partial charge on any atom is 0.308 e. The van der Waals surface area contributed by atoms with Crippen LogP contribution in [-0.4, -0.2) is 47.2 Å². The third kappa shape index (κ3) is 3.47. The molecule has 0 bridgehead atoms. The minimum atomic E-state index is -0.806. The highest BCUT2D eigenvalue weighted by atomic mass is 16.5. The molecule has 2 aliphatic rings. The van der Waals surface area contributed by atoms with Crippen molar-refractivity contribution in [2.75, 3.05) is 13.1 Å². The third-order valence-corrected chi connectivity index (χ3v) is 4.15. The molecule has 1 aliphatic heterocycles. The summed E-state index contributed by atoms with van der Waals surface area (Å²) in [4.78, 5) is 24.9. The molecule has 0 unspecified atom stereocenters. The molecule has 2 fully saturated rings. The number of carboxylic acids is 1. The maximum atomic E-state index is 12.3. The van der Waals surface area contributed by atoms with Crippen molar-refractivity contribution in [3.05, 3.63) is 0 Å². The molecule has 1 amide bonds. The molecule has 0 aromatic heterocycles. The molecule has 2 atom stereocenters. The van der Waals surface area contributed by atoms with Crippen LogP contribution in [0.5, 0.6) is 0 Å². The van der Waals surface area contributed by atoms with E-state index in [-0.39, 0.29) is 12.0 Å². The lowest BCUT2D eigenvalue weighted by Crippen LogP contribution is -2.40. The number of amides is 1. The minimum Gasteiger partial charge on any atom is -0.481 e. The molecule has 1 heterocycles. The van der Waals surface area contributed by atoms with Gasteiger partial charge in [0.15, 0.2) is 0 Å². The number of nitrogens with zero attached hydrogens (tertiary/aromatic N) is 1. The molecule has 1 N–H and O–H groups in total. The van der Waals surface area contributed by atoms with Gasteiger partial charge in [-0.3, -0.25) is 9.59 Å². The van der Waals surface area contributed by atoms with Crippen LogP contribution < -0.4 is 0 Å². The molecule has 0 aromatic carbocycles. The number of hydrogen-bond acceptors (Lipinski definition) is 3. The average molecular weight is 269 g/mol. The van der Waals surface area contributed by atoms with Crippen molar-refractivity contribution in [3.8, 4) is 0 Å². The molecule has 0 aromatic rings.